The number of nitrogens with zero attached hydrogens (tertiary/aromatic N) is 5. The third kappa shape index (κ3) is 4.34. The highest BCUT2D eigenvalue weighted by Crippen LogP contribution is 2.18. The summed E-state index contributed by atoms with van der Waals surface area (Å²) >= 11 is 0. The van der Waals surface area contributed by atoms with Crippen LogP contribution < -0.4 is 11.2 Å². The van der Waals surface area contributed by atoms with Crippen molar-refractivity contribution in [3.63, 3.8) is 0 Å². The summed E-state index contributed by atoms with van der Waals surface area (Å²) in [5.74, 6) is 0.314. The maximum Gasteiger partial charge on any atom is 0.337 e. The van der Waals surface area contributed by atoms with E-state index >= 15 is 0 Å². The summed E-state index contributed by atoms with van der Waals surface area (Å²) in [6, 6.07) is 13.7. The van der Waals surface area contributed by atoms with Gasteiger partial charge in [-0.25, -0.2) is 14.3 Å². The summed E-state index contributed by atoms with van der Waals surface area (Å²) < 4.78 is 4.36. The van der Waals surface area contributed by atoms with Crippen molar-refractivity contribution in [1.29, 1.82) is 0 Å². The van der Waals surface area contributed by atoms with E-state index in [1.807, 2.05) is 45.0 Å². The van der Waals surface area contributed by atoms with Gasteiger partial charge in [0, 0.05) is 25.2 Å². The predicted octanol–water partition coefficient (Wildman–Crippen LogP) is 3.66. The molecule has 0 aliphatic carbocycles. The number of nitro benzene ring substituents is 1. The summed E-state index contributed by atoms with van der Waals surface area (Å²) in [6.45, 7) is 6.53. The van der Waals surface area contributed by atoms with Crippen LogP contribution in [0, 0.1) is 23.0 Å². The number of benzene rings is 2. The Morgan fingerprint density at radius 3 is 2.48 bits per heavy atom. The van der Waals surface area contributed by atoms with Gasteiger partial charge in [-0.2, -0.15) is 0 Å². The van der Waals surface area contributed by atoms with Crippen LogP contribution in [0.25, 0.3) is 16.9 Å². The lowest BCUT2D eigenvalue weighted by atomic mass is 10.1. The number of fused-ring (bicyclic) bond motifs is 1. The van der Waals surface area contributed by atoms with E-state index in [2.05, 4.69) is 4.98 Å². The topological polar surface area (TPSA) is 105 Å². The highest BCUT2D eigenvalue weighted by atomic mass is 16.6. The van der Waals surface area contributed by atoms with Crippen LogP contribution >= 0.6 is 0 Å². The van der Waals surface area contributed by atoms with Crippen LogP contribution in [0.2, 0.25) is 0 Å². The molecule has 0 spiro atoms. The molecule has 9 nitrogen and oxygen atoms in total. The van der Waals surface area contributed by atoms with Gasteiger partial charge in [0.05, 0.1) is 16.9 Å². The minimum atomic E-state index is -0.455. The van der Waals surface area contributed by atoms with Crippen LogP contribution in [0.3, 0.4) is 0 Å². The van der Waals surface area contributed by atoms with Crippen molar-refractivity contribution in [3.8, 4) is 5.69 Å². The number of hydrogen-bond donors (Lipinski definition) is 0. The minimum absolute atomic E-state index is 0.0252. The van der Waals surface area contributed by atoms with Gasteiger partial charge in [0.15, 0.2) is 11.2 Å². The van der Waals surface area contributed by atoms with Gasteiger partial charge in [0.2, 0.25) is 0 Å². The van der Waals surface area contributed by atoms with Gasteiger partial charge in [0.25, 0.3) is 11.2 Å². The smallest absolute Gasteiger partial charge is 0.320 e. The second-order valence-corrected chi connectivity index (χ2v) is 8.56. The molecule has 0 amide bonds. The molecule has 33 heavy (non-hydrogen) atoms. The first-order valence-electron chi connectivity index (χ1n) is 10.8. The highest BCUT2D eigenvalue weighted by Gasteiger charge is 2.20. The molecule has 170 valence electrons. The van der Waals surface area contributed by atoms with Gasteiger partial charge in [-0.15, -0.1) is 0 Å². The number of nitro groups is 1. The molecular weight excluding hydrogens is 422 g/mol. The Kier molecular flexibility index (Phi) is 5.95. The van der Waals surface area contributed by atoms with Crippen molar-refractivity contribution in [2.75, 3.05) is 0 Å². The van der Waals surface area contributed by atoms with Crippen LogP contribution in [-0.4, -0.2) is 23.6 Å². The van der Waals surface area contributed by atoms with E-state index in [1.165, 1.54) is 27.6 Å². The quantitative estimate of drug-likeness (QED) is 0.318. The van der Waals surface area contributed by atoms with Crippen molar-refractivity contribution < 1.29 is 4.92 Å². The highest BCUT2D eigenvalue weighted by molar-refractivity contribution is 5.72. The van der Waals surface area contributed by atoms with Gasteiger partial charge in [-0.05, 0) is 37.0 Å². The average Bonchev–Trinajstić information content (AvgIpc) is 3.18. The molecule has 2 aromatic heterocycles. The summed E-state index contributed by atoms with van der Waals surface area (Å²) in [6.07, 6.45) is 2.18. The largest absolute Gasteiger partial charge is 0.337 e. The summed E-state index contributed by atoms with van der Waals surface area (Å²) in [7, 11) is 0. The van der Waals surface area contributed by atoms with Crippen molar-refractivity contribution in [2.45, 2.75) is 40.3 Å². The first kappa shape index (κ1) is 22.2. The lowest BCUT2D eigenvalue weighted by Crippen LogP contribution is -2.40. The monoisotopic (exact) mass is 447 g/mol. The molecule has 0 saturated heterocycles. The molecule has 9 heteroatoms. The zero-order valence-corrected chi connectivity index (χ0v) is 18.8. The average molecular weight is 447 g/mol. The van der Waals surface area contributed by atoms with Gasteiger partial charge in [-0.1, -0.05) is 43.7 Å². The maximum absolute atomic E-state index is 13.4. The molecule has 0 bridgehead atoms. The Bertz CT molecular complexity index is 1440. The predicted molar refractivity (Wildman–Crippen MR) is 126 cm³/mol. The van der Waals surface area contributed by atoms with E-state index in [-0.39, 0.29) is 23.4 Å². The molecule has 0 saturated carbocycles. The number of non-ortho nitro benzene ring substituents is 1. The molecular formula is C24H25N5O4. The second-order valence-electron chi connectivity index (χ2n) is 8.56. The molecule has 0 aliphatic rings. The number of imidazole rings is 1. The SMILES string of the molecule is Cc1ccc(-n2c(=O)n(CCC(C)C)c(=O)c3c2ncn3Cc2cccc([N+](=O)[O-])c2)cc1. The number of hydrogen-bond acceptors (Lipinski definition) is 5. The Hall–Kier alpha value is -4.01. The van der Waals surface area contributed by atoms with Crippen LogP contribution in [-0.2, 0) is 13.1 Å². The Balaban J connectivity index is 1.93. The number of aryl methyl sites for hydroxylation is 1. The molecule has 0 fully saturated rings. The molecule has 4 aromatic rings. The van der Waals surface area contributed by atoms with Crippen molar-refractivity contribution in [2.24, 2.45) is 5.92 Å². The van der Waals surface area contributed by atoms with Crippen LogP contribution in [0.4, 0.5) is 5.69 Å². The van der Waals surface area contributed by atoms with Crippen LogP contribution in [0.15, 0.2) is 64.4 Å². The summed E-state index contributed by atoms with van der Waals surface area (Å²) in [4.78, 5) is 41.9. The number of rotatable bonds is 7. The fourth-order valence-corrected chi connectivity index (χ4v) is 3.78. The Labute approximate surface area is 189 Å². The van der Waals surface area contributed by atoms with Crippen molar-refractivity contribution in [1.82, 2.24) is 18.7 Å². The van der Waals surface area contributed by atoms with E-state index < -0.39 is 16.2 Å². The summed E-state index contributed by atoms with van der Waals surface area (Å²) in [5, 5.41) is 11.2. The molecule has 0 N–H and O–H groups in total. The molecule has 0 aliphatic heterocycles. The number of aromatic nitrogens is 4. The second kappa shape index (κ2) is 8.85. The molecule has 2 aromatic carbocycles. The van der Waals surface area contributed by atoms with E-state index in [4.69, 9.17) is 0 Å². The summed E-state index contributed by atoms with van der Waals surface area (Å²) in [5.41, 5.74) is 2.00. The molecule has 0 radical (unpaired) electrons. The third-order valence-electron chi connectivity index (χ3n) is 5.60. The molecule has 0 atom stereocenters. The zero-order chi connectivity index (χ0) is 23.7. The van der Waals surface area contributed by atoms with Gasteiger partial charge in [-0.3, -0.25) is 19.5 Å². The van der Waals surface area contributed by atoms with E-state index in [0.29, 0.717) is 30.1 Å². The van der Waals surface area contributed by atoms with Crippen LogP contribution in [0.5, 0.6) is 0 Å². The normalized spacial score (nSPS) is 11.4. The van der Waals surface area contributed by atoms with Gasteiger partial charge >= 0.3 is 5.69 Å². The molecule has 2 heterocycles. The standard InChI is InChI=1S/C24H25N5O4/c1-16(2)11-12-27-23(30)21-22(28(24(27)31)19-9-7-17(3)8-10-19)25-15-26(21)14-18-5-4-6-20(13-18)29(32)33/h4-10,13,15-16H,11-12,14H2,1-3H3. The van der Waals surface area contributed by atoms with Crippen molar-refractivity contribution >= 4 is 16.9 Å². The van der Waals surface area contributed by atoms with Crippen molar-refractivity contribution in [3.05, 3.63) is 96.9 Å². The maximum atomic E-state index is 13.4. The van der Waals surface area contributed by atoms with E-state index in [1.54, 1.807) is 16.7 Å². The van der Waals surface area contributed by atoms with Gasteiger partial charge in [0.1, 0.15) is 0 Å². The molecule has 4 rings (SSSR count). The zero-order valence-electron chi connectivity index (χ0n) is 18.8. The van der Waals surface area contributed by atoms with Gasteiger partial charge < -0.3 is 4.57 Å². The lowest BCUT2D eigenvalue weighted by molar-refractivity contribution is -0.384. The lowest BCUT2D eigenvalue weighted by Gasteiger charge is -2.14. The fraction of sp³-hybridized carbons (Fsp3) is 0.292. The van der Waals surface area contributed by atoms with E-state index in [9.17, 15) is 19.7 Å². The minimum Gasteiger partial charge on any atom is -0.320 e. The fourth-order valence-electron chi connectivity index (χ4n) is 3.78. The molecule has 0 unspecified atom stereocenters. The van der Waals surface area contributed by atoms with E-state index in [0.717, 1.165) is 5.56 Å². The first-order valence-corrected chi connectivity index (χ1v) is 10.8. The first-order chi connectivity index (χ1) is 15.8. The Morgan fingerprint density at radius 1 is 1.09 bits per heavy atom. The third-order valence-corrected chi connectivity index (χ3v) is 5.60. The Morgan fingerprint density at radius 2 is 1.82 bits per heavy atom. The van der Waals surface area contributed by atoms with Crippen LogP contribution in [0.1, 0.15) is 31.4 Å².